The third kappa shape index (κ3) is 2.76. The molecule has 0 unspecified atom stereocenters. The summed E-state index contributed by atoms with van der Waals surface area (Å²) in [4.78, 5) is 14.4. The van der Waals surface area contributed by atoms with Crippen LogP contribution in [0, 0.1) is 5.41 Å². The monoisotopic (exact) mass is 226 g/mol. The van der Waals surface area contributed by atoms with E-state index in [1.165, 1.54) is 6.42 Å². The molecule has 0 aliphatic carbocycles. The van der Waals surface area contributed by atoms with Crippen LogP contribution in [0.5, 0.6) is 0 Å². The van der Waals surface area contributed by atoms with Gasteiger partial charge in [-0.2, -0.15) is 0 Å². The van der Waals surface area contributed by atoms with Crippen LogP contribution in [0.25, 0.3) is 0 Å². The fourth-order valence-corrected chi connectivity index (χ4v) is 2.39. The number of nitrogens with two attached hydrogens (primary N) is 1. The van der Waals surface area contributed by atoms with E-state index in [0.29, 0.717) is 12.1 Å². The van der Waals surface area contributed by atoms with Gasteiger partial charge in [0, 0.05) is 12.1 Å². The van der Waals surface area contributed by atoms with Gasteiger partial charge in [0.2, 0.25) is 5.91 Å². The van der Waals surface area contributed by atoms with Crippen molar-refractivity contribution in [2.75, 3.05) is 0 Å². The zero-order chi connectivity index (χ0) is 12.5. The van der Waals surface area contributed by atoms with Crippen molar-refractivity contribution in [2.24, 2.45) is 11.1 Å². The molecule has 1 fully saturated rings. The van der Waals surface area contributed by atoms with Crippen molar-refractivity contribution in [3.63, 3.8) is 0 Å². The highest BCUT2D eigenvalue weighted by Crippen LogP contribution is 2.26. The molecule has 2 N–H and O–H groups in total. The summed E-state index contributed by atoms with van der Waals surface area (Å²) in [5.41, 5.74) is 5.90. The van der Waals surface area contributed by atoms with Crippen LogP contribution in [-0.2, 0) is 4.79 Å². The lowest BCUT2D eigenvalue weighted by Gasteiger charge is -2.42. The molecule has 3 nitrogen and oxygen atoms in total. The Morgan fingerprint density at radius 2 is 1.69 bits per heavy atom. The van der Waals surface area contributed by atoms with Crippen molar-refractivity contribution in [1.29, 1.82) is 0 Å². The Labute approximate surface area is 99.4 Å². The van der Waals surface area contributed by atoms with Crippen LogP contribution in [0.3, 0.4) is 0 Å². The zero-order valence-electron chi connectivity index (χ0n) is 11.3. The van der Waals surface area contributed by atoms with E-state index in [9.17, 15) is 4.79 Å². The highest BCUT2D eigenvalue weighted by Gasteiger charge is 2.36. The average molecular weight is 226 g/mol. The number of nitrogens with zero attached hydrogens (tertiary/aromatic N) is 1. The first-order chi connectivity index (χ1) is 7.25. The van der Waals surface area contributed by atoms with Crippen molar-refractivity contribution >= 4 is 5.91 Å². The fraction of sp³-hybridized carbons (Fsp3) is 0.923. The van der Waals surface area contributed by atoms with Gasteiger partial charge in [-0.25, -0.2) is 0 Å². The number of carbonyl (C=O) groups is 1. The van der Waals surface area contributed by atoms with E-state index in [4.69, 9.17) is 5.73 Å². The van der Waals surface area contributed by atoms with Crippen LogP contribution in [0.1, 0.15) is 53.9 Å². The summed E-state index contributed by atoms with van der Waals surface area (Å²) in [6.07, 6.45) is 3.43. The first-order valence-corrected chi connectivity index (χ1v) is 6.33. The molecular weight excluding hydrogens is 200 g/mol. The van der Waals surface area contributed by atoms with Gasteiger partial charge in [-0.15, -0.1) is 0 Å². The Kier molecular flexibility index (Phi) is 4.00. The molecule has 0 aromatic rings. The molecule has 1 heterocycles. The number of likely N-dealkylation sites (tertiary alicyclic amines) is 1. The van der Waals surface area contributed by atoms with Crippen molar-refractivity contribution in [3.8, 4) is 0 Å². The molecule has 0 radical (unpaired) electrons. The van der Waals surface area contributed by atoms with Crippen LogP contribution in [0.4, 0.5) is 0 Å². The molecule has 0 aromatic carbocycles. The number of piperidine rings is 1. The normalized spacial score (nSPS) is 29.0. The minimum atomic E-state index is -0.393. The molecule has 1 aliphatic heterocycles. The number of carbonyl (C=O) groups excluding carboxylic acids is 1. The van der Waals surface area contributed by atoms with Gasteiger partial charge in [0.1, 0.15) is 0 Å². The molecule has 0 spiro atoms. The molecule has 1 rings (SSSR count). The summed E-state index contributed by atoms with van der Waals surface area (Å²) >= 11 is 0. The van der Waals surface area contributed by atoms with E-state index in [1.807, 2.05) is 25.7 Å². The lowest BCUT2D eigenvalue weighted by atomic mass is 9.85. The Bertz CT molecular complexity index is 247. The van der Waals surface area contributed by atoms with Gasteiger partial charge in [0.25, 0.3) is 0 Å². The van der Waals surface area contributed by atoms with E-state index in [0.717, 1.165) is 12.8 Å². The third-order valence-electron chi connectivity index (χ3n) is 3.65. The SMILES string of the molecule is C[C@@H]1CCC[C@H](C)N1C(=O)[C@H](N)C(C)(C)C. The van der Waals surface area contributed by atoms with Crippen LogP contribution in [0.15, 0.2) is 0 Å². The van der Waals surface area contributed by atoms with Gasteiger partial charge in [-0.1, -0.05) is 20.8 Å². The number of hydrogen-bond donors (Lipinski definition) is 1. The Morgan fingerprint density at radius 1 is 1.25 bits per heavy atom. The van der Waals surface area contributed by atoms with Crippen molar-refractivity contribution in [2.45, 2.75) is 72.0 Å². The fourth-order valence-electron chi connectivity index (χ4n) is 2.39. The molecule has 0 bridgehead atoms. The third-order valence-corrected chi connectivity index (χ3v) is 3.65. The maximum absolute atomic E-state index is 12.4. The predicted octanol–water partition coefficient (Wildman–Crippen LogP) is 2.15. The minimum Gasteiger partial charge on any atom is -0.336 e. The summed E-state index contributed by atoms with van der Waals surface area (Å²) in [6.45, 7) is 10.3. The highest BCUT2D eigenvalue weighted by atomic mass is 16.2. The standard InChI is InChI=1S/C13H26N2O/c1-9-7-6-8-10(2)15(9)12(16)11(14)13(3,4)5/h9-11H,6-8,14H2,1-5H3/t9-,10+,11-/m0/s1. The molecular formula is C13H26N2O. The topological polar surface area (TPSA) is 46.3 Å². The largest absolute Gasteiger partial charge is 0.336 e. The second-order valence-corrected chi connectivity index (χ2v) is 6.22. The lowest BCUT2D eigenvalue weighted by Crippen LogP contribution is -2.56. The van der Waals surface area contributed by atoms with Crippen molar-refractivity contribution < 1.29 is 4.79 Å². The average Bonchev–Trinajstić information content (AvgIpc) is 2.14. The summed E-state index contributed by atoms with van der Waals surface area (Å²) in [5, 5.41) is 0. The first kappa shape index (κ1) is 13.5. The van der Waals surface area contributed by atoms with Gasteiger partial charge in [-0.05, 0) is 38.5 Å². The Morgan fingerprint density at radius 3 is 2.06 bits per heavy atom. The number of hydrogen-bond acceptors (Lipinski definition) is 2. The quantitative estimate of drug-likeness (QED) is 0.744. The lowest BCUT2D eigenvalue weighted by molar-refractivity contribution is -0.141. The van der Waals surface area contributed by atoms with Gasteiger partial charge >= 0.3 is 0 Å². The van der Waals surface area contributed by atoms with E-state index in [-0.39, 0.29) is 11.3 Å². The summed E-state index contributed by atoms with van der Waals surface area (Å²) < 4.78 is 0. The van der Waals surface area contributed by atoms with Crippen LogP contribution in [-0.4, -0.2) is 28.9 Å². The summed E-state index contributed by atoms with van der Waals surface area (Å²) in [5.74, 6) is 0.118. The smallest absolute Gasteiger partial charge is 0.240 e. The Hall–Kier alpha value is -0.570. The van der Waals surface area contributed by atoms with Crippen LogP contribution < -0.4 is 5.73 Å². The molecule has 1 saturated heterocycles. The predicted molar refractivity (Wildman–Crippen MR) is 67.1 cm³/mol. The van der Waals surface area contributed by atoms with Gasteiger partial charge in [-0.3, -0.25) is 4.79 Å². The number of rotatable bonds is 1. The van der Waals surface area contributed by atoms with E-state index in [1.54, 1.807) is 0 Å². The molecule has 3 heteroatoms. The Balaban J connectivity index is 2.79. The maximum Gasteiger partial charge on any atom is 0.240 e. The minimum absolute atomic E-state index is 0.118. The molecule has 1 aliphatic rings. The van der Waals surface area contributed by atoms with Gasteiger partial charge in [0.05, 0.1) is 6.04 Å². The molecule has 0 aromatic heterocycles. The second kappa shape index (κ2) is 4.74. The zero-order valence-corrected chi connectivity index (χ0v) is 11.3. The van der Waals surface area contributed by atoms with E-state index in [2.05, 4.69) is 13.8 Å². The second-order valence-electron chi connectivity index (χ2n) is 6.22. The highest BCUT2D eigenvalue weighted by molar-refractivity contribution is 5.83. The molecule has 16 heavy (non-hydrogen) atoms. The summed E-state index contributed by atoms with van der Waals surface area (Å²) in [7, 11) is 0. The number of amides is 1. The van der Waals surface area contributed by atoms with E-state index >= 15 is 0 Å². The van der Waals surface area contributed by atoms with E-state index < -0.39 is 6.04 Å². The first-order valence-electron chi connectivity index (χ1n) is 6.33. The van der Waals surface area contributed by atoms with Crippen molar-refractivity contribution in [3.05, 3.63) is 0 Å². The van der Waals surface area contributed by atoms with Crippen LogP contribution in [0.2, 0.25) is 0 Å². The molecule has 1 amide bonds. The molecule has 0 saturated carbocycles. The summed E-state index contributed by atoms with van der Waals surface area (Å²) in [6, 6.07) is 0.282. The van der Waals surface area contributed by atoms with Crippen molar-refractivity contribution in [1.82, 2.24) is 4.90 Å². The molecule has 3 atom stereocenters. The van der Waals surface area contributed by atoms with Crippen LogP contribution >= 0.6 is 0 Å². The van der Waals surface area contributed by atoms with Gasteiger partial charge < -0.3 is 10.6 Å². The van der Waals surface area contributed by atoms with Gasteiger partial charge in [0.15, 0.2) is 0 Å². The molecule has 94 valence electrons. The maximum atomic E-state index is 12.4.